The fourth-order valence-corrected chi connectivity index (χ4v) is 1.93. The highest BCUT2D eigenvalue weighted by atomic mass is 35.5. The first-order chi connectivity index (χ1) is 8.07. The number of aromatic nitrogens is 3. The van der Waals surface area contributed by atoms with Crippen molar-refractivity contribution in [3.63, 3.8) is 0 Å². The summed E-state index contributed by atoms with van der Waals surface area (Å²) in [5.41, 5.74) is 5.61. The lowest BCUT2D eigenvalue weighted by Crippen LogP contribution is -2.45. The van der Waals surface area contributed by atoms with Gasteiger partial charge in [-0.1, -0.05) is 0 Å². The normalized spacial score (nSPS) is 18.6. The number of rotatable bonds is 5. The molecule has 7 heteroatoms. The zero-order valence-electron chi connectivity index (χ0n) is 9.90. The number of hydrogen-bond acceptors (Lipinski definition) is 6. The average molecular weight is 258 g/mol. The van der Waals surface area contributed by atoms with Crippen LogP contribution in [0.1, 0.15) is 19.8 Å². The number of nitrogens with two attached hydrogens (primary N) is 1. The van der Waals surface area contributed by atoms with Crippen LogP contribution in [0, 0.1) is 5.92 Å². The maximum atomic E-state index is 5.81. The molecule has 1 saturated carbocycles. The first kappa shape index (κ1) is 12.3. The molecule has 0 aliphatic heterocycles. The second-order valence-corrected chi connectivity index (χ2v) is 4.77. The van der Waals surface area contributed by atoms with E-state index in [2.05, 4.69) is 27.2 Å². The van der Waals surface area contributed by atoms with Gasteiger partial charge in [0.25, 0.3) is 0 Å². The van der Waals surface area contributed by atoms with Crippen molar-refractivity contribution in [1.29, 1.82) is 0 Å². The highest BCUT2D eigenvalue weighted by Gasteiger charge is 2.41. The lowest BCUT2D eigenvalue weighted by molar-refractivity contribution is 0.377. The van der Waals surface area contributed by atoms with E-state index in [9.17, 15) is 0 Å². The second kappa shape index (κ2) is 4.62. The van der Waals surface area contributed by atoms with Crippen molar-refractivity contribution < 1.29 is 4.74 Å². The molecule has 3 N–H and O–H groups in total. The van der Waals surface area contributed by atoms with Gasteiger partial charge in [-0.25, -0.2) is 0 Å². The van der Waals surface area contributed by atoms with Crippen LogP contribution in [0.3, 0.4) is 0 Å². The Hall–Kier alpha value is -1.14. The van der Waals surface area contributed by atoms with Crippen LogP contribution >= 0.6 is 11.6 Å². The smallest absolute Gasteiger partial charge is 0.322 e. The van der Waals surface area contributed by atoms with Crippen molar-refractivity contribution in [2.75, 3.05) is 19.0 Å². The van der Waals surface area contributed by atoms with Crippen LogP contribution in [0.4, 0.5) is 5.95 Å². The Morgan fingerprint density at radius 3 is 2.71 bits per heavy atom. The molecule has 2 rings (SSSR count). The van der Waals surface area contributed by atoms with E-state index in [4.69, 9.17) is 22.1 Å². The molecule has 0 radical (unpaired) electrons. The number of hydrogen-bond donors (Lipinski definition) is 2. The number of anilines is 1. The van der Waals surface area contributed by atoms with Crippen LogP contribution in [-0.4, -0.2) is 34.1 Å². The molecule has 1 unspecified atom stereocenters. The van der Waals surface area contributed by atoms with Crippen molar-refractivity contribution in [2.45, 2.75) is 25.3 Å². The summed E-state index contributed by atoms with van der Waals surface area (Å²) >= 11 is 5.78. The van der Waals surface area contributed by atoms with E-state index >= 15 is 0 Å². The van der Waals surface area contributed by atoms with E-state index in [0.29, 0.717) is 18.4 Å². The third kappa shape index (κ3) is 2.76. The van der Waals surface area contributed by atoms with Crippen LogP contribution in [0.2, 0.25) is 5.28 Å². The van der Waals surface area contributed by atoms with Gasteiger partial charge in [-0.3, -0.25) is 0 Å². The van der Waals surface area contributed by atoms with Crippen LogP contribution in [-0.2, 0) is 0 Å². The first-order valence-corrected chi connectivity index (χ1v) is 5.89. The minimum absolute atomic E-state index is 0.106. The number of methoxy groups -OCH3 is 1. The van der Waals surface area contributed by atoms with E-state index in [-0.39, 0.29) is 16.8 Å². The molecule has 1 aliphatic rings. The van der Waals surface area contributed by atoms with Gasteiger partial charge in [0.2, 0.25) is 11.2 Å². The van der Waals surface area contributed by atoms with Gasteiger partial charge >= 0.3 is 6.01 Å². The highest BCUT2D eigenvalue weighted by molar-refractivity contribution is 6.28. The van der Waals surface area contributed by atoms with Gasteiger partial charge in [-0.05, 0) is 37.3 Å². The van der Waals surface area contributed by atoms with E-state index in [1.807, 2.05) is 0 Å². The van der Waals surface area contributed by atoms with Crippen LogP contribution in [0.15, 0.2) is 0 Å². The molecule has 94 valence electrons. The number of nitrogens with zero attached hydrogens (tertiary/aromatic N) is 3. The van der Waals surface area contributed by atoms with Gasteiger partial charge in [0.05, 0.1) is 12.6 Å². The molecule has 0 spiro atoms. The second-order valence-electron chi connectivity index (χ2n) is 4.44. The molecule has 0 bridgehead atoms. The van der Waals surface area contributed by atoms with Crippen LogP contribution < -0.4 is 15.8 Å². The number of nitrogens with one attached hydrogen (secondary N) is 1. The molecule has 0 amide bonds. The summed E-state index contributed by atoms with van der Waals surface area (Å²) in [4.78, 5) is 11.9. The number of halogens is 1. The molecule has 1 fully saturated rings. The Balaban J connectivity index is 2.19. The summed E-state index contributed by atoms with van der Waals surface area (Å²) in [7, 11) is 1.48. The van der Waals surface area contributed by atoms with Gasteiger partial charge in [0.1, 0.15) is 0 Å². The molecular weight excluding hydrogens is 242 g/mol. The summed E-state index contributed by atoms with van der Waals surface area (Å²) in [5, 5.41) is 3.34. The van der Waals surface area contributed by atoms with Gasteiger partial charge in [-0.15, -0.1) is 0 Å². The molecule has 6 nitrogen and oxygen atoms in total. The topological polar surface area (TPSA) is 86.0 Å². The minimum atomic E-state index is -0.199. The fraction of sp³-hybridized carbons (Fsp3) is 0.700. The first-order valence-electron chi connectivity index (χ1n) is 5.51. The molecule has 0 saturated heterocycles. The van der Waals surface area contributed by atoms with Crippen molar-refractivity contribution in [3.05, 3.63) is 5.28 Å². The van der Waals surface area contributed by atoms with Gasteiger partial charge in [0, 0.05) is 6.54 Å². The Bertz CT molecular complexity index is 412. The lowest BCUT2D eigenvalue weighted by atomic mass is 9.96. The maximum Gasteiger partial charge on any atom is 0.322 e. The summed E-state index contributed by atoms with van der Waals surface area (Å²) < 4.78 is 4.94. The monoisotopic (exact) mass is 257 g/mol. The zero-order chi connectivity index (χ0) is 12.5. The summed E-state index contributed by atoms with van der Waals surface area (Å²) in [5.74, 6) is 0.968. The predicted molar refractivity (Wildman–Crippen MR) is 65.2 cm³/mol. The van der Waals surface area contributed by atoms with Crippen molar-refractivity contribution in [1.82, 2.24) is 15.0 Å². The standard InChI is InChI=1S/C10H16ClN5O/c1-10(5-12,6-3-4-6)16-8-13-7(11)14-9(15-8)17-2/h6H,3-5,12H2,1-2H3,(H,13,14,15,16). The Labute approximate surface area is 105 Å². The fourth-order valence-electron chi connectivity index (χ4n) is 1.77. The zero-order valence-corrected chi connectivity index (χ0v) is 10.7. The molecule has 17 heavy (non-hydrogen) atoms. The Morgan fingerprint density at radius 1 is 1.47 bits per heavy atom. The van der Waals surface area contributed by atoms with Gasteiger partial charge in [-0.2, -0.15) is 15.0 Å². The maximum absolute atomic E-state index is 5.81. The highest BCUT2D eigenvalue weighted by Crippen LogP contribution is 2.40. The van der Waals surface area contributed by atoms with E-state index in [1.54, 1.807) is 0 Å². The summed E-state index contributed by atoms with van der Waals surface area (Å²) in [6.07, 6.45) is 2.35. The molecule has 0 aromatic carbocycles. The quantitative estimate of drug-likeness (QED) is 0.821. The average Bonchev–Trinajstić information content (AvgIpc) is 3.12. The van der Waals surface area contributed by atoms with Crippen LogP contribution in [0.5, 0.6) is 6.01 Å². The van der Waals surface area contributed by atoms with E-state index < -0.39 is 0 Å². The van der Waals surface area contributed by atoms with Crippen molar-refractivity contribution in [3.8, 4) is 6.01 Å². The largest absolute Gasteiger partial charge is 0.467 e. The third-order valence-electron chi connectivity index (χ3n) is 3.07. The summed E-state index contributed by atoms with van der Waals surface area (Å²) in [6, 6.07) is 0.197. The Morgan fingerprint density at radius 2 is 2.18 bits per heavy atom. The van der Waals surface area contributed by atoms with Gasteiger partial charge < -0.3 is 15.8 Å². The lowest BCUT2D eigenvalue weighted by Gasteiger charge is -2.29. The SMILES string of the molecule is COc1nc(Cl)nc(NC(C)(CN)C2CC2)n1. The van der Waals surface area contributed by atoms with Crippen molar-refractivity contribution in [2.24, 2.45) is 11.7 Å². The van der Waals surface area contributed by atoms with Gasteiger partial charge in [0.15, 0.2) is 0 Å². The van der Waals surface area contributed by atoms with E-state index in [1.165, 1.54) is 20.0 Å². The van der Waals surface area contributed by atoms with E-state index in [0.717, 1.165) is 0 Å². The van der Waals surface area contributed by atoms with Crippen LogP contribution in [0.25, 0.3) is 0 Å². The predicted octanol–water partition coefficient (Wildman–Crippen LogP) is 1.07. The van der Waals surface area contributed by atoms with Crippen molar-refractivity contribution >= 4 is 17.5 Å². The third-order valence-corrected chi connectivity index (χ3v) is 3.24. The molecule has 1 atom stereocenters. The molecule has 1 aliphatic carbocycles. The molecule has 1 aromatic rings. The molecule has 1 aromatic heterocycles. The Kier molecular flexibility index (Phi) is 3.35. The minimum Gasteiger partial charge on any atom is -0.467 e. The number of ether oxygens (including phenoxy) is 1. The summed E-state index contributed by atoms with van der Waals surface area (Å²) in [6.45, 7) is 2.58. The molecular formula is C10H16ClN5O. The molecule has 1 heterocycles.